The first kappa shape index (κ1) is 18.1. The third-order valence-corrected chi connectivity index (χ3v) is 4.32. The summed E-state index contributed by atoms with van der Waals surface area (Å²) in [6.07, 6.45) is 1.85. The number of hydrogen-bond donors (Lipinski definition) is 1. The van der Waals surface area contributed by atoms with Crippen LogP contribution in [-0.2, 0) is 11.2 Å². The zero-order chi connectivity index (χ0) is 18.9. The van der Waals surface area contributed by atoms with E-state index in [1.807, 2.05) is 0 Å². The van der Waals surface area contributed by atoms with Crippen LogP contribution in [0, 0.1) is 5.41 Å². The molecule has 1 atom stereocenters. The molecule has 0 bridgehead atoms. The normalized spacial score (nSPS) is 17.5. The number of aromatic nitrogens is 2. The number of carboxylic acid groups (broad SMARTS) is 1. The van der Waals surface area contributed by atoms with Crippen LogP contribution < -0.4 is 0 Å². The van der Waals surface area contributed by atoms with Gasteiger partial charge in [0.1, 0.15) is 6.04 Å². The summed E-state index contributed by atoms with van der Waals surface area (Å²) in [6.45, 7) is 6.72. The second-order valence-electron chi connectivity index (χ2n) is 7.82. The van der Waals surface area contributed by atoms with Gasteiger partial charge in [-0.05, 0) is 30.4 Å². The first-order valence-corrected chi connectivity index (χ1v) is 8.71. The van der Waals surface area contributed by atoms with E-state index >= 15 is 0 Å². The van der Waals surface area contributed by atoms with Crippen molar-refractivity contribution >= 4 is 11.9 Å². The third kappa shape index (κ3) is 3.92. The molecular weight excluding hydrogens is 334 g/mol. The van der Waals surface area contributed by atoms with Gasteiger partial charge in [-0.25, -0.2) is 4.79 Å². The summed E-state index contributed by atoms with van der Waals surface area (Å²) in [7, 11) is 0. The van der Waals surface area contributed by atoms with Crippen LogP contribution >= 0.6 is 0 Å². The number of likely N-dealkylation sites (tertiary alicyclic amines) is 1. The minimum absolute atomic E-state index is 0.0310. The fraction of sp³-hybridized carbons (Fsp3) is 0.474. The van der Waals surface area contributed by atoms with Gasteiger partial charge >= 0.3 is 5.97 Å². The van der Waals surface area contributed by atoms with E-state index in [-0.39, 0.29) is 11.3 Å². The van der Waals surface area contributed by atoms with E-state index < -0.39 is 12.0 Å². The van der Waals surface area contributed by atoms with Crippen LogP contribution in [0.2, 0.25) is 0 Å². The highest BCUT2D eigenvalue weighted by Crippen LogP contribution is 2.25. The lowest BCUT2D eigenvalue weighted by Crippen LogP contribution is -2.40. The molecule has 1 aliphatic heterocycles. The molecule has 3 rings (SSSR count). The van der Waals surface area contributed by atoms with Gasteiger partial charge in [0.15, 0.2) is 0 Å². The van der Waals surface area contributed by atoms with Crippen molar-refractivity contribution in [3.63, 3.8) is 0 Å². The molecule has 2 aromatic rings. The molecule has 1 aromatic carbocycles. The molecule has 7 nitrogen and oxygen atoms in total. The Kier molecular flexibility index (Phi) is 4.80. The summed E-state index contributed by atoms with van der Waals surface area (Å²) >= 11 is 0. The number of amides is 1. The molecule has 1 amide bonds. The highest BCUT2D eigenvalue weighted by molar-refractivity contribution is 5.97. The van der Waals surface area contributed by atoms with E-state index in [4.69, 9.17) is 4.52 Å². The van der Waals surface area contributed by atoms with E-state index in [1.165, 1.54) is 4.90 Å². The fourth-order valence-corrected chi connectivity index (χ4v) is 3.12. The molecule has 138 valence electrons. The Bertz CT molecular complexity index is 822. The van der Waals surface area contributed by atoms with Crippen molar-refractivity contribution in [1.29, 1.82) is 0 Å². The van der Waals surface area contributed by atoms with Gasteiger partial charge in [-0.1, -0.05) is 38.1 Å². The second kappa shape index (κ2) is 6.90. The minimum atomic E-state index is -0.961. The molecule has 26 heavy (non-hydrogen) atoms. The van der Waals surface area contributed by atoms with Gasteiger partial charge in [-0.3, -0.25) is 4.79 Å². The molecule has 7 heteroatoms. The second-order valence-corrected chi connectivity index (χ2v) is 7.82. The van der Waals surface area contributed by atoms with Crippen molar-refractivity contribution in [1.82, 2.24) is 15.0 Å². The monoisotopic (exact) mass is 357 g/mol. The summed E-state index contributed by atoms with van der Waals surface area (Å²) in [5.74, 6) is -0.267. The van der Waals surface area contributed by atoms with Gasteiger partial charge in [0.05, 0.1) is 0 Å². The molecule has 0 spiro atoms. The van der Waals surface area contributed by atoms with Crippen LogP contribution in [-0.4, -0.2) is 44.6 Å². The molecule has 1 saturated heterocycles. The van der Waals surface area contributed by atoms with Gasteiger partial charge in [-0.2, -0.15) is 4.98 Å². The highest BCUT2D eigenvalue weighted by atomic mass is 16.5. The molecular formula is C19H23N3O4. The Morgan fingerprint density at radius 3 is 2.81 bits per heavy atom. The summed E-state index contributed by atoms with van der Waals surface area (Å²) in [5.41, 5.74) is 1.13. The summed E-state index contributed by atoms with van der Waals surface area (Å²) in [4.78, 5) is 29.9. The molecule has 0 aliphatic carbocycles. The lowest BCUT2D eigenvalue weighted by atomic mass is 9.92. The smallest absolute Gasteiger partial charge is 0.326 e. The maximum atomic E-state index is 12.7. The maximum absolute atomic E-state index is 12.7. The first-order chi connectivity index (χ1) is 12.2. The van der Waals surface area contributed by atoms with Crippen molar-refractivity contribution in [2.45, 2.75) is 46.1 Å². The largest absolute Gasteiger partial charge is 0.480 e. The molecule has 1 N–H and O–H groups in total. The van der Waals surface area contributed by atoms with Crippen molar-refractivity contribution in [2.75, 3.05) is 6.54 Å². The van der Waals surface area contributed by atoms with Gasteiger partial charge in [-0.15, -0.1) is 0 Å². The number of nitrogens with zero attached hydrogens (tertiary/aromatic N) is 3. The van der Waals surface area contributed by atoms with E-state index in [2.05, 4.69) is 30.9 Å². The highest BCUT2D eigenvalue weighted by Gasteiger charge is 2.34. The zero-order valence-corrected chi connectivity index (χ0v) is 15.2. The molecule has 1 aromatic heterocycles. The van der Waals surface area contributed by atoms with Gasteiger partial charge in [0.2, 0.25) is 11.7 Å². The Hall–Kier alpha value is -2.70. The SMILES string of the molecule is CC(C)(C)Cc1nc(-c2cccc(C(=O)N3CCC[C@@H]3C(=O)O)c2)no1. The summed E-state index contributed by atoms with van der Waals surface area (Å²) < 4.78 is 5.31. The Balaban J connectivity index is 1.82. The quantitative estimate of drug-likeness (QED) is 0.903. The van der Waals surface area contributed by atoms with Crippen LogP contribution in [0.1, 0.15) is 49.9 Å². The summed E-state index contributed by atoms with van der Waals surface area (Å²) in [5, 5.41) is 13.3. The van der Waals surface area contributed by atoms with Crippen molar-refractivity contribution in [2.24, 2.45) is 5.41 Å². The van der Waals surface area contributed by atoms with Crippen LogP contribution in [0.25, 0.3) is 11.4 Å². The lowest BCUT2D eigenvalue weighted by Gasteiger charge is -2.21. The number of aliphatic carboxylic acids is 1. The Labute approximate surface area is 152 Å². The number of carbonyl (C=O) groups is 2. The van der Waals surface area contributed by atoms with Crippen molar-refractivity contribution < 1.29 is 19.2 Å². The maximum Gasteiger partial charge on any atom is 0.326 e. The Morgan fingerprint density at radius 1 is 1.35 bits per heavy atom. The van der Waals surface area contributed by atoms with E-state index in [0.29, 0.717) is 48.6 Å². The van der Waals surface area contributed by atoms with Crippen molar-refractivity contribution in [3.05, 3.63) is 35.7 Å². The number of carbonyl (C=O) groups excluding carboxylic acids is 1. The molecule has 1 fully saturated rings. The Morgan fingerprint density at radius 2 is 2.12 bits per heavy atom. The number of carboxylic acids is 1. The van der Waals surface area contributed by atoms with E-state index in [1.54, 1.807) is 24.3 Å². The number of rotatable bonds is 4. The van der Waals surface area contributed by atoms with Crippen LogP contribution in [0.5, 0.6) is 0 Å². The zero-order valence-electron chi connectivity index (χ0n) is 15.2. The molecule has 2 heterocycles. The molecule has 1 aliphatic rings. The lowest BCUT2D eigenvalue weighted by molar-refractivity contribution is -0.141. The van der Waals surface area contributed by atoms with Crippen molar-refractivity contribution in [3.8, 4) is 11.4 Å². The van der Waals surface area contributed by atoms with Gasteiger partial charge in [0.25, 0.3) is 5.91 Å². The van der Waals surface area contributed by atoms with Gasteiger partial charge < -0.3 is 14.5 Å². The third-order valence-electron chi connectivity index (χ3n) is 4.32. The average Bonchev–Trinajstić information content (AvgIpc) is 3.22. The summed E-state index contributed by atoms with van der Waals surface area (Å²) in [6, 6.07) is 6.16. The topological polar surface area (TPSA) is 96.5 Å². The van der Waals surface area contributed by atoms with Gasteiger partial charge in [0, 0.05) is 24.1 Å². The number of hydrogen-bond acceptors (Lipinski definition) is 5. The van der Waals surface area contributed by atoms with Crippen LogP contribution in [0.4, 0.5) is 0 Å². The molecule has 0 saturated carbocycles. The fourth-order valence-electron chi connectivity index (χ4n) is 3.12. The first-order valence-electron chi connectivity index (χ1n) is 8.71. The van der Waals surface area contributed by atoms with E-state index in [9.17, 15) is 14.7 Å². The van der Waals surface area contributed by atoms with Crippen LogP contribution in [0.15, 0.2) is 28.8 Å². The molecule has 0 radical (unpaired) electrons. The molecule has 0 unspecified atom stereocenters. The number of benzene rings is 1. The van der Waals surface area contributed by atoms with Crippen LogP contribution in [0.3, 0.4) is 0 Å². The standard InChI is InChI=1S/C19H23N3O4/c1-19(2,3)11-15-20-16(21-26-15)12-6-4-7-13(10-12)17(23)22-9-5-8-14(22)18(24)25/h4,6-7,10,14H,5,8-9,11H2,1-3H3,(H,24,25)/t14-/m1/s1. The van der Waals surface area contributed by atoms with E-state index in [0.717, 1.165) is 0 Å². The minimum Gasteiger partial charge on any atom is -0.480 e. The average molecular weight is 357 g/mol. The predicted octanol–water partition coefficient (Wildman–Crippen LogP) is 3.01. The predicted molar refractivity (Wildman–Crippen MR) is 94.6 cm³/mol.